The second-order valence-corrected chi connectivity index (χ2v) is 6.43. The van der Waals surface area contributed by atoms with Crippen molar-refractivity contribution in [2.45, 2.75) is 51.2 Å². The van der Waals surface area contributed by atoms with Gasteiger partial charge in [-0.05, 0) is 12.3 Å². The van der Waals surface area contributed by atoms with Crippen LogP contribution < -0.4 is 22.1 Å². The molecule has 1 heterocycles. The van der Waals surface area contributed by atoms with Gasteiger partial charge in [-0.1, -0.05) is 19.0 Å². The van der Waals surface area contributed by atoms with Crippen LogP contribution in [0, 0.1) is 5.92 Å². The minimum Gasteiger partial charge on any atom is -0.481 e. The highest BCUT2D eigenvalue weighted by atomic mass is 16.5. The zero-order valence-electron chi connectivity index (χ0n) is 15.4. The molecule has 1 aromatic rings. The van der Waals surface area contributed by atoms with E-state index in [2.05, 4.69) is 20.8 Å². The summed E-state index contributed by atoms with van der Waals surface area (Å²) < 4.78 is 5.00. The summed E-state index contributed by atoms with van der Waals surface area (Å²) in [6.45, 7) is 3.23. The Morgan fingerprint density at radius 2 is 1.82 bits per heavy atom. The number of carboxylic acids is 2. The van der Waals surface area contributed by atoms with Gasteiger partial charge in [0.2, 0.25) is 11.8 Å². The van der Waals surface area contributed by atoms with E-state index in [1.807, 2.05) is 0 Å². The number of carbonyl (C=O) groups is 4. The Morgan fingerprint density at radius 1 is 1.18 bits per heavy atom. The molecule has 1 aromatic heterocycles. The number of aliphatic carboxylic acids is 2. The first kappa shape index (κ1) is 22.8. The van der Waals surface area contributed by atoms with Crippen molar-refractivity contribution in [1.82, 2.24) is 20.8 Å². The fourth-order valence-electron chi connectivity index (χ4n) is 2.20. The quantitative estimate of drug-likeness (QED) is 0.273. The lowest BCUT2D eigenvalue weighted by Gasteiger charge is -2.20. The fraction of sp³-hybridized carbons (Fsp3) is 0.600. The molecule has 0 fully saturated rings. The maximum absolute atomic E-state index is 12.1. The second kappa shape index (κ2) is 10.2. The third-order valence-electron chi connectivity index (χ3n) is 3.69. The highest BCUT2D eigenvalue weighted by Crippen LogP contribution is 2.19. The third kappa shape index (κ3) is 7.19. The minimum atomic E-state index is -1.22. The number of hydrogen-bond donors (Lipinski definition) is 6. The van der Waals surface area contributed by atoms with E-state index >= 15 is 0 Å². The van der Waals surface area contributed by atoms with Crippen molar-refractivity contribution in [3.8, 4) is 0 Å². The van der Waals surface area contributed by atoms with E-state index in [0.717, 1.165) is 0 Å². The van der Waals surface area contributed by atoms with Crippen molar-refractivity contribution in [1.29, 1.82) is 0 Å². The van der Waals surface area contributed by atoms with E-state index in [9.17, 15) is 19.2 Å². The summed E-state index contributed by atoms with van der Waals surface area (Å²) >= 11 is 0. The van der Waals surface area contributed by atoms with Gasteiger partial charge in [-0.25, -0.2) is 9.59 Å². The van der Waals surface area contributed by atoms with Crippen LogP contribution in [0.4, 0.5) is 4.79 Å². The molecule has 0 aromatic carbocycles. The van der Waals surface area contributed by atoms with Gasteiger partial charge in [0.05, 0.1) is 12.5 Å². The first-order valence-electron chi connectivity index (χ1n) is 8.40. The zero-order chi connectivity index (χ0) is 21.4. The van der Waals surface area contributed by atoms with Crippen LogP contribution in [0.25, 0.3) is 0 Å². The molecule has 0 bridgehead atoms. The lowest BCUT2D eigenvalue weighted by atomic mass is 10.1. The molecule has 0 unspecified atom stereocenters. The number of carbonyl (C=O) groups excluding carboxylic acids is 2. The number of primary amides is 1. The maximum Gasteiger partial charge on any atom is 0.326 e. The van der Waals surface area contributed by atoms with Crippen LogP contribution in [-0.4, -0.2) is 50.3 Å². The predicted octanol–water partition coefficient (Wildman–Crippen LogP) is -0.741. The summed E-state index contributed by atoms with van der Waals surface area (Å²) in [5.74, 6) is -3.60. The molecule has 0 saturated heterocycles. The normalized spacial score (nSPS) is 14.1. The lowest BCUT2D eigenvalue weighted by molar-refractivity contribution is -0.140. The molecular formula is C15H24N6O7. The van der Waals surface area contributed by atoms with Crippen LogP contribution >= 0.6 is 0 Å². The fourth-order valence-corrected chi connectivity index (χ4v) is 2.20. The van der Waals surface area contributed by atoms with Gasteiger partial charge in [0.15, 0.2) is 5.82 Å². The lowest BCUT2D eigenvalue weighted by Crippen LogP contribution is -2.49. The second-order valence-electron chi connectivity index (χ2n) is 6.43. The number of hydrogen-bond acceptors (Lipinski definition) is 8. The molecule has 8 N–H and O–H groups in total. The van der Waals surface area contributed by atoms with Crippen LogP contribution in [0.1, 0.15) is 56.9 Å². The first-order chi connectivity index (χ1) is 13.0. The zero-order valence-corrected chi connectivity index (χ0v) is 15.4. The van der Waals surface area contributed by atoms with E-state index in [0.29, 0.717) is 0 Å². The Kier molecular flexibility index (Phi) is 8.31. The Morgan fingerprint density at radius 3 is 2.32 bits per heavy atom. The Bertz CT molecular complexity index is 719. The van der Waals surface area contributed by atoms with Gasteiger partial charge in [-0.15, -0.1) is 0 Å². The van der Waals surface area contributed by atoms with Crippen LogP contribution in [-0.2, 0) is 14.4 Å². The molecule has 1 rings (SSSR count). The number of amides is 3. The number of nitrogens with zero attached hydrogens (tertiary/aromatic N) is 2. The molecule has 0 saturated carbocycles. The average molecular weight is 400 g/mol. The smallest absolute Gasteiger partial charge is 0.326 e. The van der Waals surface area contributed by atoms with Crippen molar-refractivity contribution >= 4 is 23.9 Å². The van der Waals surface area contributed by atoms with E-state index in [4.69, 9.17) is 26.2 Å². The van der Waals surface area contributed by atoms with Gasteiger partial charge in [-0.2, -0.15) is 4.98 Å². The summed E-state index contributed by atoms with van der Waals surface area (Å²) in [4.78, 5) is 49.2. The molecule has 0 radical (unpaired) electrons. The number of aromatic nitrogens is 2. The summed E-state index contributed by atoms with van der Waals surface area (Å²) in [5.41, 5.74) is 11.0. The molecule has 3 atom stereocenters. The summed E-state index contributed by atoms with van der Waals surface area (Å²) in [7, 11) is 0. The van der Waals surface area contributed by atoms with Crippen molar-refractivity contribution in [3.05, 3.63) is 11.7 Å². The maximum atomic E-state index is 12.1. The third-order valence-corrected chi connectivity index (χ3v) is 3.69. The van der Waals surface area contributed by atoms with E-state index in [1.54, 1.807) is 13.8 Å². The number of nitrogens with two attached hydrogens (primary N) is 2. The minimum absolute atomic E-state index is 0.00137. The number of rotatable bonds is 11. The van der Waals surface area contributed by atoms with Crippen molar-refractivity contribution in [2.24, 2.45) is 17.4 Å². The van der Waals surface area contributed by atoms with Gasteiger partial charge in [-0.3, -0.25) is 9.59 Å². The van der Waals surface area contributed by atoms with E-state index < -0.39 is 48.4 Å². The SMILES string of the molecule is CC(C)[C@H](NC(=O)N[C@@H](CC(N)=O)c1nc([C@@H](N)CCC(=O)O)no1)C(=O)O. The van der Waals surface area contributed by atoms with Crippen LogP contribution in [0.3, 0.4) is 0 Å². The van der Waals surface area contributed by atoms with Crippen LogP contribution in [0.2, 0.25) is 0 Å². The number of nitrogens with one attached hydrogen (secondary N) is 2. The monoisotopic (exact) mass is 400 g/mol. The molecule has 28 heavy (non-hydrogen) atoms. The topological polar surface area (TPSA) is 224 Å². The molecule has 13 heteroatoms. The predicted molar refractivity (Wildman–Crippen MR) is 92.6 cm³/mol. The summed E-state index contributed by atoms with van der Waals surface area (Å²) in [6, 6.07) is -3.97. The Labute approximate surface area is 159 Å². The van der Waals surface area contributed by atoms with Crippen LogP contribution in [0.5, 0.6) is 0 Å². The van der Waals surface area contributed by atoms with Gasteiger partial charge in [0.25, 0.3) is 0 Å². The highest BCUT2D eigenvalue weighted by Gasteiger charge is 2.28. The molecule has 0 aliphatic heterocycles. The number of carboxylic acid groups (broad SMARTS) is 2. The van der Waals surface area contributed by atoms with Crippen LogP contribution in [0.15, 0.2) is 4.52 Å². The average Bonchev–Trinajstić information content (AvgIpc) is 3.06. The summed E-state index contributed by atoms with van der Waals surface area (Å²) in [5, 5.41) is 26.1. The molecule has 13 nitrogen and oxygen atoms in total. The van der Waals surface area contributed by atoms with Gasteiger partial charge >= 0.3 is 18.0 Å². The highest BCUT2D eigenvalue weighted by molar-refractivity contribution is 5.83. The Balaban J connectivity index is 2.88. The molecule has 0 aliphatic carbocycles. The largest absolute Gasteiger partial charge is 0.481 e. The first-order valence-corrected chi connectivity index (χ1v) is 8.40. The van der Waals surface area contributed by atoms with Gasteiger partial charge < -0.3 is 36.8 Å². The molecule has 3 amide bonds. The van der Waals surface area contributed by atoms with E-state index in [-0.39, 0.29) is 30.5 Å². The molecule has 156 valence electrons. The standard InChI is InChI=1S/C15H24N6O7/c1-6(2)11(14(25)26)19-15(27)18-8(5-9(17)22)13-20-12(21-28-13)7(16)3-4-10(23)24/h6-8,11H,3-5,16H2,1-2H3,(H2,17,22)(H,23,24)(H,25,26)(H2,18,19,27)/t7-,8-,11-/m0/s1. The van der Waals surface area contributed by atoms with Gasteiger partial charge in [0.1, 0.15) is 12.1 Å². The Hall–Kier alpha value is -3.22. The van der Waals surface area contributed by atoms with Crippen molar-refractivity contribution in [3.63, 3.8) is 0 Å². The van der Waals surface area contributed by atoms with Crippen molar-refractivity contribution in [2.75, 3.05) is 0 Å². The molecule has 0 spiro atoms. The molecule has 0 aliphatic rings. The summed E-state index contributed by atoms with van der Waals surface area (Å²) in [6.07, 6.45) is -0.543. The van der Waals surface area contributed by atoms with Crippen molar-refractivity contribution < 1.29 is 33.9 Å². The molecular weight excluding hydrogens is 376 g/mol. The number of urea groups is 1. The van der Waals surface area contributed by atoms with Gasteiger partial charge in [0, 0.05) is 6.42 Å². The van der Waals surface area contributed by atoms with E-state index in [1.165, 1.54) is 0 Å².